The summed E-state index contributed by atoms with van der Waals surface area (Å²) < 4.78 is 30.4. The van der Waals surface area contributed by atoms with Gasteiger partial charge in [-0.05, 0) is 32.4 Å². The van der Waals surface area contributed by atoms with Crippen molar-refractivity contribution in [3.05, 3.63) is 28.2 Å². The molecular weight excluding hydrogens is 416 g/mol. The standard InChI is InChI=1S/C20H29BrO6/c1-5-6-7-14(22)16-17(18-19(25-16)27-20(2,3)26-18)24-11-12-8-9-13(21)10-15(12)23-4/h8-10,14,16-19,22H,5-7,11H2,1-4H3/t14-,16+,17-,18+,19+/m0/s1. The maximum absolute atomic E-state index is 10.6. The van der Waals surface area contributed by atoms with Crippen LogP contribution in [0.25, 0.3) is 0 Å². The lowest BCUT2D eigenvalue weighted by molar-refractivity contribution is -0.230. The van der Waals surface area contributed by atoms with Gasteiger partial charge in [-0.1, -0.05) is 41.8 Å². The van der Waals surface area contributed by atoms with E-state index in [1.807, 2.05) is 32.0 Å². The third-order valence-electron chi connectivity index (χ3n) is 4.94. The van der Waals surface area contributed by atoms with E-state index in [1.54, 1.807) is 7.11 Å². The molecule has 7 heteroatoms. The molecule has 2 fully saturated rings. The molecule has 1 aromatic carbocycles. The van der Waals surface area contributed by atoms with Gasteiger partial charge in [0.1, 0.15) is 24.1 Å². The summed E-state index contributed by atoms with van der Waals surface area (Å²) in [6.07, 6.45) is 0.171. The molecule has 0 bridgehead atoms. The van der Waals surface area contributed by atoms with Gasteiger partial charge in [-0.15, -0.1) is 0 Å². The third kappa shape index (κ3) is 4.83. The summed E-state index contributed by atoms with van der Waals surface area (Å²) in [5, 5.41) is 10.6. The van der Waals surface area contributed by atoms with E-state index in [4.69, 9.17) is 23.7 Å². The van der Waals surface area contributed by atoms with Crippen LogP contribution in [0.15, 0.2) is 22.7 Å². The lowest BCUT2D eigenvalue weighted by Gasteiger charge is -2.28. The second-order valence-corrected chi connectivity index (χ2v) is 8.43. The SMILES string of the molecule is CCCC[C@H](O)[C@H]1O[C@@H]2OC(C)(C)O[C@@H]2[C@H]1OCc1ccc(Br)cc1OC. The van der Waals surface area contributed by atoms with Gasteiger partial charge in [-0.2, -0.15) is 0 Å². The van der Waals surface area contributed by atoms with E-state index in [0.717, 1.165) is 28.6 Å². The number of aliphatic hydroxyl groups is 1. The quantitative estimate of drug-likeness (QED) is 0.657. The van der Waals surface area contributed by atoms with E-state index in [9.17, 15) is 5.11 Å². The fraction of sp³-hybridized carbons (Fsp3) is 0.700. The molecule has 152 valence electrons. The molecule has 27 heavy (non-hydrogen) atoms. The summed E-state index contributed by atoms with van der Waals surface area (Å²) in [4.78, 5) is 0. The van der Waals surface area contributed by atoms with Gasteiger partial charge in [0.25, 0.3) is 0 Å². The maximum Gasteiger partial charge on any atom is 0.190 e. The molecule has 2 heterocycles. The number of rotatable bonds is 8. The number of methoxy groups -OCH3 is 1. The number of hydrogen-bond acceptors (Lipinski definition) is 6. The van der Waals surface area contributed by atoms with Crippen LogP contribution < -0.4 is 4.74 Å². The van der Waals surface area contributed by atoms with Crippen molar-refractivity contribution in [1.82, 2.24) is 0 Å². The molecule has 0 aromatic heterocycles. The van der Waals surface area contributed by atoms with Crippen LogP contribution in [0.2, 0.25) is 0 Å². The van der Waals surface area contributed by atoms with E-state index < -0.39 is 30.4 Å². The number of hydrogen-bond donors (Lipinski definition) is 1. The number of fused-ring (bicyclic) bond motifs is 1. The number of benzene rings is 1. The minimum Gasteiger partial charge on any atom is -0.496 e. The highest BCUT2D eigenvalue weighted by molar-refractivity contribution is 9.10. The van der Waals surface area contributed by atoms with Gasteiger partial charge in [-0.25, -0.2) is 0 Å². The largest absolute Gasteiger partial charge is 0.496 e. The van der Waals surface area contributed by atoms with Crippen molar-refractivity contribution >= 4 is 15.9 Å². The smallest absolute Gasteiger partial charge is 0.190 e. The monoisotopic (exact) mass is 444 g/mol. The molecule has 1 aromatic rings. The van der Waals surface area contributed by atoms with Gasteiger partial charge in [-0.3, -0.25) is 0 Å². The fourth-order valence-electron chi connectivity index (χ4n) is 3.60. The van der Waals surface area contributed by atoms with Crippen molar-refractivity contribution < 1.29 is 28.8 Å². The van der Waals surface area contributed by atoms with Gasteiger partial charge >= 0.3 is 0 Å². The van der Waals surface area contributed by atoms with Crippen molar-refractivity contribution in [2.24, 2.45) is 0 Å². The van der Waals surface area contributed by atoms with Gasteiger partial charge < -0.3 is 28.8 Å². The zero-order valence-electron chi connectivity index (χ0n) is 16.3. The Balaban J connectivity index is 1.74. The van der Waals surface area contributed by atoms with Gasteiger partial charge in [0.2, 0.25) is 0 Å². The van der Waals surface area contributed by atoms with Crippen LogP contribution in [0.3, 0.4) is 0 Å². The first-order valence-electron chi connectivity index (χ1n) is 9.48. The lowest BCUT2D eigenvalue weighted by Crippen LogP contribution is -2.42. The average Bonchev–Trinajstić information content (AvgIpc) is 3.10. The van der Waals surface area contributed by atoms with Crippen LogP contribution in [0, 0.1) is 0 Å². The molecule has 0 unspecified atom stereocenters. The molecule has 2 aliphatic heterocycles. The highest BCUT2D eigenvalue weighted by Gasteiger charge is 2.56. The third-order valence-corrected chi connectivity index (χ3v) is 5.43. The van der Waals surface area contributed by atoms with E-state index in [-0.39, 0.29) is 6.10 Å². The highest BCUT2D eigenvalue weighted by atomic mass is 79.9. The Morgan fingerprint density at radius 3 is 2.78 bits per heavy atom. The second-order valence-electron chi connectivity index (χ2n) is 7.51. The van der Waals surface area contributed by atoms with E-state index >= 15 is 0 Å². The summed E-state index contributed by atoms with van der Waals surface area (Å²) in [6.45, 7) is 6.13. The van der Waals surface area contributed by atoms with Crippen molar-refractivity contribution in [3.8, 4) is 5.75 Å². The predicted molar refractivity (Wildman–Crippen MR) is 104 cm³/mol. The minimum absolute atomic E-state index is 0.328. The average molecular weight is 445 g/mol. The molecule has 0 radical (unpaired) electrons. The Bertz CT molecular complexity index is 637. The van der Waals surface area contributed by atoms with Gasteiger partial charge in [0.05, 0.1) is 19.8 Å². The molecular formula is C20H29BrO6. The summed E-state index contributed by atoms with van der Waals surface area (Å²) in [7, 11) is 1.63. The Kier molecular flexibility index (Phi) is 6.82. The van der Waals surface area contributed by atoms with Crippen LogP contribution in [-0.2, 0) is 25.6 Å². The molecule has 3 rings (SSSR count). The first kappa shape index (κ1) is 21.0. The summed E-state index contributed by atoms with van der Waals surface area (Å²) in [6, 6.07) is 5.80. The molecule has 5 atom stereocenters. The number of ether oxygens (including phenoxy) is 5. The van der Waals surface area contributed by atoms with E-state index in [2.05, 4.69) is 22.9 Å². The van der Waals surface area contributed by atoms with Crippen LogP contribution >= 0.6 is 15.9 Å². The summed E-state index contributed by atoms with van der Waals surface area (Å²) >= 11 is 3.45. The zero-order chi connectivity index (χ0) is 19.6. The molecule has 0 amide bonds. The van der Waals surface area contributed by atoms with Gasteiger partial charge in [0, 0.05) is 10.0 Å². The highest BCUT2D eigenvalue weighted by Crippen LogP contribution is 2.40. The first-order chi connectivity index (χ1) is 12.8. The molecule has 1 N–H and O–H groups in total. The van der Waals surface area contributed by atoms with Crippen molar-refractivity contribution in [2.75, 3.05) is 7.11 Å². The summed E-state index contributed by atoms with van der Waals surface area (Å²) in [5.74, 6) is 0.0119. The zero-order valence-corrected chi connectivity index (χ0v) is 17.9. The van der Waals surface area contributed by atoms with Crippen molar-refractivity contribution in [2.45, 2.75) is 83.1 Å². The molecule has 2 saturated heterocycles. The Labute approximate surface area is 169 Å². The van der Waals surface area contributed by atoms with Gasteiger partial charge in [0.15, 0.2) is 12.1 Å². The topological polar surface area (TPSA) is 66.4 Å². The second kappa shape index (κ2) is 8.76. The van der Waals surface area contributed by atoms with E-state index in [1.165, 1.54) is 0 Å². The van der Waals surface area contributed by atoms with Crippen molar-refractivity contribution in [1.29, 1.82) is 0 Å². The first-order valence-corrected chi connectivity index (χ1v) is 10.3. The summed E-state index contributed by atoms with van der Waals surface area (Å²) in [5.41, 5.74) is 0.920. The minimum atomic E-state index is -0.731. The Morgan fingerprint density at radius 1 is 1.30 bits per heavy atom. The van der Waals surface area contributed by atoms with Crippen LogP contribution in [0.5, 0.6) is 5.75 Å². The Morgan fingerprint density at radius 2 is 2.07 bits per heavy atom. The molecule has 0 saturated carbocycles. The lowest BCUT2D eigenvalue weighted by atomic mass is 10.0. The predicted octanol–water partition coefficient (Wildman–Crippen LogP) is 3.77. The molecule has 6 nitrogen and oxygen atoms in total. The Hall–Kier alpha value is -0.700. The fourth-order valence-corrected chi connectivity index (χ4v) is 3.94. The molecule has 0 aliphatic carbocycles. The molecule has 0 spiro atoms. The number of aliphatic hydroxyl groups excluding tert-OH is 1. The number of unbranched alkanes of at least 4 members (excludes halogenated alkanes) is 1. The van der Waals surface area contributed by atoms with Crippen molar-refractivity contribution in [3.63, 3.8) is 0 Å². The van der Waals surface area contributed by atoms with Crippen LogP contribution in [-0.4, -0.2) is 48.7 Å². The number of halogens is 1. The molecule has 2 aliphatic rings. The van der Waals surface area contributed by atoms with E-state index in [0.29, 0.717) is 13.0 Å². The van der Waals surface area contributed by atoms with Crippen LogP contribution in [0.1, 0.15) is 45.6 Å². The van der Waals surface area contributed by atoms with Crippen LogP contribution in [0.4, 0.5) is 0 Å². The normalized spacial score (nSPS) is 30.3. The maximum atomic E-state index is 10.6.